The van der Waals surface area contributed by atoms with Gasteiger partial charge in [0.05, 0.1) is 12.5 Å². The van der Waals surface area contributed by atoms with Crippen LogP contribution in [0.15, 0.2) is 38.0 Å². The number of aliphatic hydroxyl groups is 1. The molecule has 0 fully saturated rings. The number of ether oxygens (including phenoxy) is 3. The van der Waals surface area contributed by atoms with E-state index in [1.165, 1.54) is 0 Å². The van der Waals surface area contributed by atoms with Gasteiger partial charge in [-0.15, -0.1) is 0 Å². The summed E-state index contributed by atoms with van der Waals surface area (Å²) in [5.41, 5.74) is 0. The van der Waals surface area contributed by atoms with Crippen molar-refractivity contribution in [3.63, 3.8) is 0 Å². The van der Waals surface area contributed by atoms with Crippen molar-refractivity contribution in [2.24, 2.45) is 0 Å². The zero-order valence-electron chi connectivity index (χ0n) is 14.7. The molecule has 0 aliphatic rings. The van der Waals surface area contributed by atoms with Crippen LogP contribution in [0.1, 0.15) is 12.8 Å². The summed E-state index contributed by atoms with van der Waals surface area (Å²) in [4.78, 5) is 33.0. The minimum atomic E-state index is -4.77. The number of hydrogen-bond donors (Lipinski definition) is 1. The summed E-state index contributed by atoms with van der Waals surface area (Å²) in [6.45, 7) is 7.24. The average Bonchev–Trinajstić information content (AvgIpc) is 2.62. The van der Waals surface area contributed by atoms with Crippen molar-refractivity contribution in [3.05, 3.63) is 38.0 Å². The van der Waals surface area contributed by atoms with Gasteiger partial charge in [-0.3, -0.25) is 0 Å². The molecule has 0 saturated carbocycles. The highest BCUT2D eigenvalue weighted by molar-refractivity contribution is 5.82. The molecule has 0 aliphatic heterocycles. The van der Waals surface area contributed by atoms with Crippen LogP contribution in [0.2, 0.25) is 0 Å². The number of carbonyl (C=O) groups excluding carboxylic acids is 3. The second kappa shape index (κ2) is 11.2. The summed E-state index contributed by atoms with van der Waals surface area (Å²) >= 11 is 0. The van der Waals surface area contributed by atoms with Crippen LogP contribution >= 0.6 is 0 Å². The van der Waals surface area contributed by atoms with Crippen LogP contribution in [-0.2, 0) is 28.6 Å². The molecule has 2 atom stereocenters. The molecule has 0 heterocycles. The molecule has 0 aromatic carbocycles. The van der Waals surface area contributed by atoms with Crippen molar-refractivity contribution in [3.8, 4) is 0 Å². The van der Waals surface area contributed by atoms with Gasteiger partial charge in [0, 0.05) is 24.6 Å². The largest absolute Gasteiger partial charge is 0.460 e. The van der Waals surface area contributed by atoms with Crippen molar-refractivity contribution < 1.29 is 51.3 Å². The topological polar surface area (TPSA) is 99.1 Å². The zero-order valence-corrected chi connectivity index (χ0v) is 14.7. The van der Waals surface area contributed by atoms with Crippen molar-refractivity contribution >= 4 is 17.9 Å². The van der Waals surface area contributed by atoms with Gasteiger partial charge in [-0.2, -0.15) is 17.6 Å². The minimum absolute atomic E-state index is 0.607. The number of hydrogen-bond acceptors (Lipinski definition) is 7. The summed E-state index contributed by atoms with van der Waals surface area (Å²) in [7, 11) is 0. The fourth-order valence-electron chi connectivity index (χ4n) is 1.76. The van der Waals surface area contributed by atoms with Crippen LogP contribution in [0.25, 0.3) is 0 Å². The second-order valence-corrected chi connectivity index (χ2v) is 5.40. The Morgan fingerprint density at radius 1 is 0.821 bits per heavy atom. The Hall–Kier alpha value is -2.69. The number of aliphatic hydroxyl groups excluding tert-OH is 1. The molecule has 0 aliphatic carbocycles. The van der Waals surface area contributed by atoms with Crippen LogP contribution in [-0.4, -0.2) is 60.3 Å². The van der Waals surface area contributed by atoms with Crippen LogP contribution in [0.3, 0.4) is 0 Å². The van der Waals surface area contributed by atoms with Crippen LogP contribution < -0.4 is 0 Å². The summed E-state index contributed by atoms with van der Waals surface area (Å²) in [6, 6.07) is 0. The van der Waals surface area contributed by atoms with E-state index in [-0.39, 0.29) is 0 Å². The van der Waals surface area contributed by atoms with Crippen molar-refractivity contribution in [2.75, 3.05) is 13.2 Å². The predicted octanol–water partition coefficient (Wildman–Crippen LogP) is 1.95. The van der Waals surface area contributed by atoms with E-state index in [1.807, 2.05) is 0 Å². The Morgan fingerprint density at radius 2 is 1.25 bits per heavy atom. The first kappa shape index (κ1) is 25.3. The first-order chi connectivity index (χ1) is 12.9. The molecule has 11 heteroatoms. The van der Waals surface area contributed by atoms with E-state index in [0.717, 1.165) is 0 Å². The van der Waals surface area contributed by atoms with Crippen LogP contribution in [0.4, 0.5) is 17.6 Å². The van der Waals surface area contributed by atoms with Crippen molar-refractivity contribution in [2.45, 2.75) is 36.9 Å². The maximum atomic E-state index is 14.1. The van der Waals surface area contributed by atoms with Gasteiger partial charge in [-0.05, 0) is 0 Å². The van der Waals surface area contributed by atoms with Crippen LogP contribution in [0.5, 0.6) is 0 Å². The monoisotopic (exact) mass is 412 g/mol. The lowest BCUT2D eigenvalue weighted by Gasteiger charge is -2.30. The molecule has 0 rings (SSSR count). The van der Waals surface area contributed by atoms with Gasteiger partial charge in [0.25, 0.3) is 0 Å². The van der Waals surface area contributed by atoms with Gasteiger partial charge in [0.15, 0.2) is 0 Å². The molecule has 0 bridgehead atoms. The molecule has 7 nitrogen and oxygen atoms in total. The summed E-state index contributed by atoms with van der Waals surface area (Å²) in [5.74, 6) is -12.8. The fraction of sp³-hybridized carbons (Fsp3) is 0.471. The third-order valence-corrected chi connectivity index (χ3v) is 3.12. The minimum Gasteiger partial charge on any atom is -0.460 e. The highest BCUT2D eigenvalue weighted by atomic mass is 19.3. The first-order valence-corrected chi connectivity index (χ1v) is 7.73. The number of halogens is 4. The smallest absolute Gasteiger partial charge is 0.330 e. The second-order valence-electron chi connectivity index (χ2n) is 5.40. The highest BCUT2D eigenvalue weighted by Crippen LogP contribution is 2.41. The molecule has 0 aromatic rings. The molecule has 0 amide bonds. The van der Waals surface area contributed by atoms with Gasteiger partial charge in [-0.25, -0.2) is 14.4 Å². The number of carbonyl (C=O) groups is 3. The Kier molecular flexibility index (Phi) is 10.1. The molecule has 1 N–H and O–H groups in total. The van der Waals surface area contributed by atoms with Crippen molar-refractivity contribution in [1.82, 2.24) is 0 Å². The summed E-state index contributed by atoms with van der Waals surface area (Å²) in [6.07, 6.45) is -5.50. The van der Waals surface area contributed by atoms with Gasteiger partial charge in [0.1, 0.15) is 19.3 Å². The first-order valence-electron chi connectivity index (χ1n) is 7.73. The van der Waals surface area contributed by atoms with E-state index < -0.39 is 68.0 Å². The lowest BCUT2D eigenvalue weighted by Crippen LogP contribution is -2.47. The van der Waals surface area contributed by atoms with Crippen LogP contribution in [0, 0.1) is 0 Å². The van der Waals surface area contributed by atoms with Gasteiger partial charge in [-0.1, -0.05) is 19.7 Å². The summed E-state index contributed by atoms with van der Waals surface area (Å²) < 4.78 is 69.3. The number of alkyl halides is 4. The molecule has 2 unspecified atom stereocenters. The lowest BCUT2D eigenvalue weighted by molar-refractivity contribution is -0.237. The zero-order chi connectivity index (χ0) is 22.0. The molecular formula is C17H20F4O7. The van der Waals surface area contributed by atoms with E-state index in [2.05, 4.69) is 33.9 Å². The maximum Gasteiger partial charge on any atom is 0.330 e. The highest BCUT2D eigenvalue weighted by Gasteiger charge is 2.58. The van der Waals surface area contributed by atoms with Gasteiger partial charge < -0.3 is 19.3 Å². The van der Waals surface area contributed by atoms with E-state index in [9.17, 15) is 37.1 Å². The molecule has 0 aromatic heterocycles. The molecule has 0 spiro atoms. The fourth-order valence-corrected chi connectivity index (χ4v) is 1.76. The average molecular weight is 412 g/mol. The Bertz CT molecular complexity index is 604. The maximum absolute atomic E-state index is 14.1. The molecule has 158 valence electrons. The van der Waals surface area contributed by atoms with E-state index in [0.29, 0.717) is 18.2 Å². The Balaban J connectivity index is 5.11. The van der Waals surface area contributed by atoms with Crippen molar-refractivity contribution in [1.29, 1.82) is 0 Å². The lowest BCUT2D eigenvalue weighted by atomic mass is 9.99. The molecular weight excluding hydrogens is 392 g/mol. The van der Waals surface area contributed by atoms with E-state index in [1.54, 1.807) is 0 Å². The number of rotatable bonds is 13. The Morgan fingerprint density at radius 3 is 1.71 bits per heavy atom. The quantitative estimate of drug-likeness (QED) is 0.214. The van der Waals surface area contributed by atoms with E-state index in [4.69, 9.17) is 0 Å². The third-order valence-electron chi connectivity index (χ3n) is 3.12. The normalized spacial score (nSPS) is 13.6. The Labute approximate surface area is 158 Å². The third kappa shape index (κ3) is 8.80. The van der Waals surface area contributed by atoms with Gasteiger partial charge in [0.2, 0.25) is 0 Å². The molecule has 0 radical (unpaired) electrons. The van der Waals surface area contributed by atoms with Gasteiger partial charge >= 0.3 is 29.8 Å². The van der Waals surface area contributed by atoms with E-state index >= 15 is 0 Å². The summed E-state index contributed by atoms with van der Waals surface area (Å²) in [5, 5.41) is 9.41. The number of esters is 3. The predicted molar refractivity (Wildman–Crippen MR) is 87.5 cm³/mol. The molecule has 0 saturated heterocycles. The standard InChI is InChI=1S/C17H20F4O7/c1-4-13(23)26-9-11(22)7-16(18,19)17(20,21)8-12(28-15(25)6-3)10-27-14(24)5-2/h4-6,11-12,22H,1-3,7-10H2. The SMILES string of the molecule is C=CC(=O)OCC(O)CC(F)(F)C(F)(F)CC(COC(=O)C=C)OC(=O)C=C. The molecule has 28 heavy (non-hydrogen) atoms.